The maximum atomic E-state index is 11.6. The second kappa shape index (κ2) is 5.76. The van der Waals surface area contributed by atoms with Crippen LogP contribution in [0.5, 0.6) is 5.75 Å². The van der Waals surface area contributed by atoms with Gasteiger partial charge in [-0.25, -0.2) is 4.79 Å². The standard InChI is InChI=1S/C14H20N2O2/c1-3-10(2)16-14(17)15-9-12-8-11-6-4-5-7-13(11)18-12/h4-7,10,12H,3,8-9H2,1-2H3,(H2,15,16,17). The predicted octanol–water partition coefficient (Wildman–Crippen LogP) is 2.09. The summed E-state index contributed by atoms with van der Waals surface area (Å²) in [6.45, 7) is 4.57. The molecule has 98 valence electrons. The average Bonchev–Trinajstić information content (AvgIpc) is 2.79. The summed E-state index contributed by atoms with van der Waals surface area (Å²) in [5.74, 6) is 0.937. The lowest BCUT2D eigenvalue weighted by Gasteiger charge is -2.15. The Bertz CT molecular complexity index is 395. The molecule has 18 heavy (non-hydrogen) atoms. The van der Waals surface area contributed by atoms with Gasteiger partial charge in [0.1, 0.15) is 11.9 Å². The van der Waals surface area contributed by atoms with Crippen molar-refractivity contribution in [2.45, 2.75) is 38.8 Å². The molecule has 0 radical (unpaired) electrons. The van der Waals surface area contributed by atoms with Crippen LogP contribution in [-0.4, -0.2) is 24.7 Å². The van der Waals surface area contributed by atoms with Crippen molar-refractivity contribution in [1.82, 2.24) is 10.6 Å². The van der Waals surface area contributed by atoms with E-state index in [2.05, 4.69) is 16.7 Å². The van der Waals surface area contributed by atoms with Crippen LogP contribution in [0.3, 0.4) is 0 Å². The minimum absolute atomic E-state index is 0.0464. The fourth-order valence-corrected chi connectivity index (χ4v) is 1.95. The highest BCUT2D eigenvalue weighted by Crippen LogP contribution is 2.27. The van der Waals surface area contributed by atoms with Crippen LogP contribution >= 0.6 is 0 Å². The molecule has 4 nitrogen and oxygen atoms in total. The van der Waals surface area contributed by atoms with Gasteiger partial charge in [0.2, 0.25) is 0 Å². The zero-order valence-electron chi connectivity index (χ0n) is 10.9. The fourth-order valence-electron chi connectivity index (χ4n) is 1.95. The number of carbonyl (C=O) groups is 1. The first kappa shape index (κ1) is 12.7. The van der Waals surface area contributed by atoms with Crippen LogP contribution in [0.2, 0.25) is 0 Å². The molecule has 1 aliphatic rings. The highest BCUT2D eigenvalue weighted by Gasteiger charge is 2.22. The Morgan fingerprint density at radius 1 is 1.50 bits per heavy atom. The van der Waals surface area contributed by atoms with Gasteiger partial charge in [-0.3, -0.25) is 0 Å². The number of fused-ring (bicyclic) bond motifs is 1. The number of urea groups is 1. The summed E-state index contributed by atoms with van der Waals surface area (Å²) >= 11 is 0. The zero-order valence-corrected chi connectivity index (χ0v) is 10.9. The third-order valence-electron chi connectivity index (χ3n) is 3.19. The molecule has 0 saturated heterocycles. The summed E-state index contributed by atoms with van der Waals surface area (Å²) in [4.78, 5) is 11.6. The van der Waals surface area contributed by atoms with Crippen LogP contribution < -0.4 is 15.4 Å². The Morgan fingerprint density at radius 3 is 3.00 bits per heavy atom. The average molecular weight is 248 g/mol. The number of hydrogen-bond acceptors (Lipinski definition) is 2. The van der Waals surface area contributed by atoms with E-state index in [1.54, 1.807) is 0 Å². The number of amides is 2. The first-order valence-corrected chi connectivity index (χ1v) is 6.48. The van der Waals surface area contributed by atoms with E-state index in [1.807, 2.05) is 32.0 Å². The Morgan fingerprint density at radius 2 is 2.28 bits per heavy atom. The first-order valence-electron chi connectivity index (χ1n) is 6.48. The van der Waals surface area contributed by atoms with E-state index in [0.717, 1.165) is 18.6 Å². The van der Waals surface area contributed by atoms with Gasteiger partial charge in [-0.2, -0.15) is 0 Å². The van der Waals surface area contributed by atoms with E-state index in [4.69, 9.17) is 4.74 Å². The minimum Gasteiger partial charge on any atom is -0.488 e. The number of para-hydroxylation sites is 1. The molecule has 2 unspecified atom stereocenters. The van der Waals surface area contributed by atoms with Gasteiger partial charge in [0.25, 0.3) is 0 Å². The molecule has 1 heterocycles. The van der Waals surface area contributed by atoms with Crippen molar-refractivity contribution in [1.29, 1.82) is 0 Å². The summed E-state index contributed by atoms with van der Waals surface area (Å²) in [5, 5.41) is 5.72. The molecule has 0 aromatic heterocycles. The van der Waals surface area contributed by atoms with Crippen molar-refractivity contribution in [2.75, 3.05) is 6.54 Å². The van der Waals surface area contributed by atoms with E-state index >= 15 is 0 Å². The molecule has 0 fully saturated rings. The van der Waals surface area contributed by atoms with Crippen molar-refractivity contribution in [3.63, 3.8) is 0 Å². The van der Waals surface area contributed by atoms with Gasteiger partial charge in [-0.15, -0.1) is 0 Å². The topological polar surface area (TPSA) is 50.4 Å². The lowest BCUT2D eigenvalue weighted by Crippen LogP contribution is -2.44. The Hall–Kier alpha value is -1.71. The first-order chi connectivity index (χ1) is 8.69. The lowest BCUT2D eigenvalue weighted by molar-refractivity contribution is 0.212. The Labute approximate surface area is 108 Å². The Kier molecular flexibility index (Phi) is 4.07. The minimum atomic E-state index is -0.121. The van der Waals surface area contributed by atoms with Crippen molar-refractivity contribution in [2.24, 2.45) is 0 Å². The molecular formula is C14H20N2O2. The molecule has 2 amide bonds. The quantitative estimate of drug-likeness (QED) is 0.857. The SMILES string of the molecule is CCC(C)NC(=O)NCC1Cc2ccccc2O1. The number of benzene rings is 1. The molecule has 0 aliphatic carbocycles. The number of nitrogens with one attached hydrogen (secondary N) is 2. The van der Waals surface area contributed by atoms with Gasteiger partial charge in [0.15, 0.2) is 0 Å². The smallest absolute Gasteiger partial charge is 0.315 e. The van der Waals surface area contributed by atoms with Gasteiger partial charge in [0.05, 0.1) is 6.54 Å². The monoisotopic (exact) mass is 248 g/mol. The summed E-state index contributed by atoms with van der Waals surface area (Å²) in [7, 11) is 0. The Balaban J connectivity index is 1.75. The summed E-state index contributed by atoms with van der Waals surface area (Å²) < 4.78 is 5.75. The summed E-state index contributed by atoms with van der Waals surface area (Å²) in [6, 6.07) is 8.08. The number of rotatable bonds is 4. The molecular weight excluding hydrogens is 228 g/mol. The van der Waals surface area contributed by atoms with Crippen molar-refractivity contribution < 1.29 is 9.53 Å². The molecule has 2 atom stereocenters. The van der Waals surface area contributed by atoms with E-state index in [0.29, 0.717) is 6.54 Å². The lowest BCUT2D eigenvalue weighted by atomic mass is 10.1. The van der Waals surface area contributed by atoms with E-state index in [-0.39, 0.29) is 18.2 Å². The van der Waals surface area contributed by atoms with Crippen LogP contribution in [0.1, 0.15) is 25.8 Å². The molecule has 1 aromatic rings. The normalized spacial score (nSPS) is 18.7. The third-order valence-corrected chi connectivity index (χ3v) is 3.19. The van der Waals surface area contributed by atoms with Gasteiger partial charge >= 0.3 is 6.03 Å². The van der Waals surface area contributed by atoms with Crippen LogP contribution in [0.15, 0.2) is 24.3 Å². The van der Waals surface area contributed by atoms with Gasteiger partial charge < -0.3 is 15.4 Å². The summed E-state index contributed by atoms with van der Waals surface area (Å²) in [6.07, 6.45) is 1.84. The predicted molar refractivity (Wildman–Crippen MR) is 70.8 cm³/mol. The highest BCUT2D eigenvalue weighted by atomic mass is 16.5. The van der Waals surface area contributed by atoms with Gasteiger partial charge in [0, 0.05) is 12.5 Å². The highest BCUT2D eigenvalue weighted by molar-refractivity contribution is 5.74. The van der Waals surface area contributed by atoms with Crippen molar-refractivity contribution >= 4 is 6.03 Å². The van der Waals surface area contributed by atoms with Crippen LogP contribution in [0.4, 0.5) is 4.79 Å². The molecule has 2 rings (SSSR count). The van der Waals surface area contributed by atoms with Crippen molar-refractivity contribution in [3.05, 3.63) is 29.8 Å². The largest absolute Gasteiger partial charge is 0.488 e. The number of carbonyl (C=O) groups excluding carboxylic acids is 1. The van der Waals surface area contributed by atoms with Gasteiger partial charge in [-0.1, -0.05) is 25.1 Å². The van der Waals surface area contributed by atoms with Crippen LogP contribution in [-0.2, 0) is 6.42 Å². The maximum absolute atomic E-state index is 11.6. The van der Waals surface area contributed by atoms with Crippen LogP contribution in [0.25, 0.3) is 0 Å². The van der Waals surface area contributed by atoms with Crippen LogP contribution in [0, 0.1) is 0 Å². The molecule has 0 spiro atoms. The summed E-state index contributed by atoms with van der Waals surface area (Å²) in [5.41, 5.74) is 1.21. The van der Waals surface area contributed by atoms with Crippen molar-refractivity contribution in [3.8, 4) is 5.75 Å². The van der Waals surface area contributed by atoms with Gasteiger partial charge in [-0.05, 0) is 25.0 Å². The van der Waals surface area contributed by atoms with E-state index in [9.17, 15) is 4.79 Å². The second-order valence-electron chi connectivity index (χ2n) is 4.72. The second-order valence-corrected chi connectivity index (χ2v) is 4.72. The molecule has 0 saturated carbocycles. The third kappa shape index (κ3) is 3.15. The molecule has 4 heteroatoms. The van der Waals surface area contributed by atoms with E-state index in [1.165, 1.54) is 5.56 Å². The molecule has 1 aromatic carbocycles. The van der Waals surface area contributed by atoms with E-state index < -0.39 is 0 Å². The number of ether oxygens (including phenoxy) is 1. The zero-order chi connectivity index (χ0) is 13.0. The molecule has 0 bridgehead atoms. The molecule has 1 aliphatic heterocycles. The maximum Gasteiger partial charge on any atom is 0.315 e. The number of hydrogen-bond donors (Lipinski definition) is 2. The molecule has 2 N–H and O–H groups in total. The fraction of sp³-hybridized carbons (Fsp3) is 0.500.